The first-order valence-corrected chi connectivity index (χ1v) is 7.62. The number of fused-ring (bicyclic) bond motifs is 1. The summed E-state index contributed by atoms with van der Waals surface area (Å²) in [4.78, 5) is 21.1. The SMILES string of the molecule is Cc1nc2ccc(C(=O)NCCCOC(C)C)cc2nc1C. The van der Waals surface area contributed by atoms with Crippen LogP contribution < -0.4 is 5.32 Å². The van der Waals surface area contributed by atoms with Crippen LogP contribution in [0.5, 0.6) is 0 Å². The molecule has 0 saturated heterocycles. The average Bonchev–Trinajstić information content (AvgIpc) is 2.47. The molecule has 2 aromatic rings. The maximum Gasteiger partial charge on any atom is 0.251 e. The Hall–Kier alpha value is -2.01. The fourth-order valence-electron chi connectivity index (χ4n) is 2.07. The summed E-state index contributed by atoms with van der Waals surface area (Å²) < 4.78 is 5.44. The molecule has 0 bridgehead atoms. The standard InChI is InChI=1S/C17H23N3O2/c1-11(2)22-9-5-8-18-17(21)14-6-7-15-16(10-14)20-13(4)12(3)19-15/h6-7,10-11H,5,8-9H2,1-4H3,(H,18,21). The molecule has 0 spiro atoms. The summed E-state index contributed by atoms with van der Waals surface area (Å²) in [6.07, 6.45) is 1.02. The van der Waals surface area contributed by atoms with Crippen LogP contribution in [0.25, 0.3) is 11.0 Å². The number of hydrogen-bond donors (Lipinski definition) is 1. The van der Waals surface area contributed by atoms with E-state index in [9.17, 15) is 4.79 Å². The minimum atomic E-state index is -0.0912. The minimum absolute atomic E-state index is 0.0912. The number of rotatable bonds is 6. The Balaban J connectivity index is 1.98. The molecule has 1 heterocycles. The van der Waals surface area contributed by atoms with Gasteiger partial charge in [-0.2, -0.15) is 0 Å². The van der Waals surface area contributed by atoms with Gasteiger partial charge in [0.05, 0.1) is 28.5 Å². The van der Waals surface area contributed by atoms with Crippen LogP contribution >= 0.6 is 0 Å². The molecule has 2 rings (SSSR count). The highest BCUT2D eigenvalue weighted by Gasteiger charge is 2.08. The fourth-order valence-corrected chi connectivity index (χ4v) is 2.07. The first-order chi connectivity index (χ1) is 10.5. The highest BCUT2D eigenvalue weighted by molar-refractivity contribution is 5.97. The van der Waals surface area contributed by atoms with Crippen LogP contribution in [0.3, 0.4) is 0 Å². The van der Waals surface area contributed by atoms with E-state index in [1.165, 1.54) is 0 Å². The van der Waals surface area contributed by atoms with Crippen LogP contribution in [-0.4, -0.2) is 35.1 Å². The van der Waals surface area contributed by atoms with E-state index in [4.69, 9.17) is 4.74 Å². The molecule has 0 aliphatic heterocycles. The maximum atomic E-state index is 12.1. The summed E-state index contributed by atoms with van der Waals surface area (Å²) in [6, 6.07) is 5.41. The summed E-state index contributed by atoms with van der Waals surface area (Å²) in [5, 5.41) is 2.90. The topological polar surface area (TPSA) is 64.1 Å². The van der Waals surface area contributed by atoms with Crippen molar-refractivity contribution in [3.63, 3.8) is 0 Å². The molecule has 0 fully saturated rings. The predicted octanol–water partition coefficient (Wildman–Crippen LogP) is 2.79. The zero-order chi connectivity index (χ0) is 16.1. The molecule has 0 atom stereocenters. The Morgan fingerprint density at radius 3 is 2.55 bits per heavy atom. The molecule has 0 saturated carbocycles. The zero-order valence-corrected chi connectivity index (χ0v) is 13.6. The van der Waals surface area contributed by atoms with Crippen molar-refractivity contribution in [2.75, 3.05) is 13.2 Å². The number of hydrogen-bond acceptors (Lipinski definition) is 4. The first-order valence-electron chi connectivity index (χ1n) is 7.62. The van der Waals surface area contributed by atoms with E-state index >= 15 is 0 Å². The number of ether oxygens (including phenoxy) is 1. The van der Waals surface area contributed by atoms with Gasteiger partial charge in [-0.1, -0.05) is 0 Å². The lowest BCUT2D eigenvalue weighted by molar-refractivity contribution is 0.0757. The summed E-state index contributed by atoms with van der Waals surface area (Å²) >= 11 is 0. The fraction of sp³-hybridized carbons (Fsp3) is 0.471. The van der Waals surface area contributed by atoms with Crippen LogP contribution in [0, 0.1) is 13.8 Å². The Bertz CT molecular complexity index is 668. The summed E-state index contributed by atoms with van der Waals surface area (Å²) in [7, 11) is 0. The van der Waals surface area contributed by atoms with Crippen LogP contribution in [0.15, 0.2) is 18.2 Å². The van der Waals surface area contributed by atoms with Gasteiger partial charge in [0.25, 0.3) is 5.91 Å². The molecule has 0 aliphatic carbocycles. The molecule has 1 aromatic heterocycles. The van der Waals surface area contributed by atoms with Gasteiger partial charge >= 0.3 is 0 Å². The normalized spacial score (nSPS) is 11.1. The molecule has 1 amide bonds. The van der Waals surface area contributed by atoms with E-state index in [0.717, 1.165) is 28.8 Å². The lowest BCUT2D eigenvalue weighted by atomic mass is 10.1. The smallest absolute Gasteiger partial charge is 0.251 e. The van der Waals surface area contributed by atoms with Crippen molar-refractivity contribution in [2.24, 2.45) is 0 Å². The number of carbonyl (C=O) groups is 1. The van der Waals surface area contributed by atoms with Crippen LogP contribution in [0.1, 0.15) is 42.0 Å². The zero-order valence-electron chi connectivity index (χ0n) is 13.6. The molecule has 5 nitrogen and oxygen atoms in total. The second kappa shape index (κ2) is 7.31. The quantitative estimate of drug-likeness (QED) is 0.833. The van der Waals surface area contributed by atoms with E-state index in [0.29, 0.717) is 18.7 Å². The van der Waals surface area contributed by atoms with Crippen molar-refractivity contribution < 1.29 is 9.53 Å². The van der Waals surface area contributed by atoms with Crippen molar-refractivity contribution in [1.82, 2.24) is 15.3 Å². The second-order valence-corrected chi connectivity index (χ2v) is 5.63. The van der Waals surface area contributed by atoms with Gasteiger partial charge in [-0.25, -0.2) is 9.97 Å². The summed E-state index contributed by atoms with van der Waals surface area (Å²) in [6.45, 7) is 9.10. The van der Waals surface area contributed by atoms with Crippen molar-refractivity contribution in [3.8, 4) is 0 Å². The van der Waals surface area contributed by atoms with E-state index in [2.05, 4.69) is 15.3 Å². The molecule has 0 radical (unpaired) electrons. The lowest BCUT2D eigenvalue weighted by Gasteiger charge is -2.09. The first kappa shape index (κ1) is 16.4. The van der Waals surface area contributed by atoms with Crippen molar-refractivity contribution in [1.29, 1.82) is 0 Å². The van der Waals surface area contributed by atoms with Crippen LogP contribution in [0.2, 0.25) is 0 Å². The highest BCUT2D eigenvalue weighted by atomic mass is 16.5. The summed E-state index contributed by atoms with van der Waals surface area (Å²) in [5.74, 6) is -0.0912. The second-order valence-electron chi connectivity index (χ2n) is 5.63. The number of nitrogens with one attached hydrogen (secondary N) is 1. The maximum absolute atomic E-state index is 12.1. The van der Waals surface area contributed by atoms with Crippen molar-refractivity contribution >= 4 is 16.9 Å². The number of carbonyl (C=O) groups excluding carboxylic acids is 1. The third-order valence-corrected chi connectivity index (χ3v) is 3.40. The van der Waals surface area contributed by atoms with Gasteiger partial charge in [0.15, 0.2) is 0 Å². The molecule has 0 aliphatic rings. The number of aromatic nitrogens is 2. The number of nitrogens with zero attached hydrogens (tertiary/aromatic N) is 2. The molecule has 22 heavy (non-hydrogen) atoms. The number of benzene rings is 1. The molecule has 1 aromatic carbocycles. The molecule has 118 valence electrons. The summed E-state index contributed by atoms with van der Waals surface area (Å²) in [5.41, 5.74) is 3.96. The number of aryl methyl sites for hydroxylation is 2. The van der Waals surface area contributed by atoms with Gasteiger partial charge in [-0.3, -0.25) is 4.79 Å². The third kappa shape index (κ3) is 4.24. The van der Waals surface area contributed by atoms with E-state index < -0.39 is 0 Å². The van der Waals surface area contributed by atoms with Gasteiger partial charge in [0, 0.05) is 18.7 Å². The Morgan fingerprint density at radius 2 is 1.86 bits per heavy atom. The lowest BCUT2D eigenvalue weighted by Crippen LogP contribution is -2.25. The van der Waals surface area contributed by atoms with Gasteiger partial charge < -0.3 is 10.1 Å². The van der Waals surface area contributed by atoms with E-state index in [1.54, 1.807) is 12.1 Å². The van der Waals surface area contributed by atoms with E-state index in [-0.39, 0.29) is 12.0 Å². The average molecular weight is 301 g/mol. The number of amides is 1. The Morgan fingerprint density at radius 1 is 1.18 bits per heavy atom. The molecular formula is C17H23N3O2. The molecular weight excluding hydrogens is 278 g/mol. The molecule has 5 heteroatoms. The van der Waals surface area contributed by atoms with E-state index in [1.807, 2.05) is 33.8 Å². The molecule has 0 unspecified atom stereocenters. The third-order valence-electron chi connectivity index (χ3n) is 3.40. The van der Waals surface area contributed by atoms with Crippen LogP contribution in [0.4, 0.5) is 0 Å². The van der Waals surface area contributed by atoms with Crippen molar-refractivity contribution in [2.45, 2.75) is 40.2 Å². The van der Waals surface area contributed by atoms with Gasteiger partial charge in [0.2, 0.25) is 0 Å². The minimum Gasteiger partial charge on any atom is -0.379 e. The van der Waals surface area contributed by atoms with Crippen LogP contribution in [-0.2, 0) is 4.74 Å². The Kier molecular flexibility index (Phi) is 5.44. The van der Waals surface area contributed by atoms with Gasteiger partial charge in [-0.15, -0.1) is 0 Å². The van der Waals surface area contributed by atoms with Gasteiger partial charge in [0.1, 0.15) is 0 Å². The van der Waals surface area contributed by atoms with Gasteiger partial charge in [-0.05, 0) is 52.3 Å². The largest absolute Gasteiger partial charge is 0.379 e. The van der Waals surface area contributed by atoms with Crippen molar-refractivity contribution in [3.05, 3.63) is 35.2 Å². The highest BCUT2D eigenvalue weighted by Crippen LogP contribution is 2.14. The molecule has 1 N–H and O–H groups in total. The monoisotopic (exact) mass is 301 g/mol. The predicted molar refractivity (Wildman–Crippen MR) is 87.1 cm³/mol. The Labute approximate surface area is 131 Å².